The molecular weight excluding hydrogens is 305 g/mol. The zero-order valence-electron chi connectivity index (χ0n) is 6.78. The Morgan fingerprint density at radius 3 is 1.87 bits per heavy atom. The van der Waals surface area contributed by atoms with Crippen molar-refractivity contribution in [3.8, 4) is 0 Å². The van der Waals surface area contributed by atoms with Crippen molar-refractivity contribution >= 4 is 68.5 Å². The molecule has 1 rings (SSSR count). The third-order valence-electron chi connectivity index (χ3n) is 1.57. The van der Waals surface area contributed by atoms with E-state index in [1.54, 1.807) is 0 Å². The molecule has 0 saturated carbocycles. The van der Waals surface area contributed by atoms with E-state index in [0.717, 1.165) is 6.07 Å². The van der Waals surface area contributed by atoms with E-state index in [0.29, 0.717) is 0 Å². The number of carbonyl (C=O) groups is 2. The van der Waals surface area contributed by atoms with Crippen LogP contribution < -0.4 is 0 Å². The van der Waals surface area contributed by atoms with E-state index >= 15 is 0 Å². The quantitative estimate of drug-likeness (QED) is 0.599. The molecule has 0 atom stereocenters. The van der Waals surface area contributed by atoms with Gasteiger partial charge >= 0.3 is 0 Å². The van der Waals surface area contributed by atoms with Crippen LogP contribution in [0.3, 0.4) is 0 Å². The zero-order valence-corrected chi connectivity index (χ0v) is 10.6. The van der Waals surface area contributed by atoms with Crippen LogP contribution in [0, 0.1) is 0 Å². The van der Waals surface area contributed by atoms with Crippen LogP contribution in [0.25, 0.3) is 0 Å². The summed E-state index contributed by atoms with van der Waals surface area (Å²) in [5.41, 5.74) is -0.413. The molecule has 0 radical (unpaired) electrons. The fraction of sp³-hybridized carbons (Fsp3) is 0. The van der Waals surface area contributed by atoms with Crippen LogP contribution >= 0.6 is 58.0 Å². The van der Waals surface area contributed by atoms with Crippen molar-refractivity contribution in [3.63, 3.8) is 0 Å². The van der Waals surface area contributed by atoms with Gasteiger partial charge in [0.25, 0.3) is 10.5 Å². The molecule has 0 bridgehead atoms. The van der Waals surface area contributed by atoms with Gasteiger partial charge in [0, 0.05) is 5.56 Å². The highest BCUT2D eigenvalue weighted by Crippen LogP contribution is 2.36. The highest BCUT2D eigenvalue weighted by Gasteiger charge is 2.22. The van der Waals surface area contributed by atoms with Crippen LogP contribution in [0.1, 0.15) is 20.7 Å². The third kappa shape index (κ3) is 2.58. The fourth-order valence-corrected chi connectivity index (χ4v) is 2.03. The predicted molar refractivity (Wildman–Crippen MR) is 61.8 cm³/mol. The van der Waals surface area contributed by atoms with E-state index in [1.807, 2.05) is 0 Å². The van der Waals surface area contributed by atoms with E-state index in [9.17, 15) is 9.59 Å². The minimum Gasteiger partial charge on any atom is -0.276 e. The van der Waals surface area contributed by atoms with Crippen LogP contribution in [0.4, 0.5) is 0 Å². The molecule has 0 amide bonds. The maximum Gasteiger partial charge on any atom is 0.254 e. The largest absolute Gasteiger partial charge is 0.276 e. The number of carbonyl (C=O) groups excluding carboxylic acids is 2. The Morgan fingerprint density at radius 1 is 0.933 bits per heavy atom. The monoisotopic (exact) mass is 304 g/mol. The summed E-state index contributed by atoms with van der Waals surface area (Å²) in [7, 11) is 0. The number of halogens is 5. The summed E-state index contributed by atoms with van der Waals surface area (Å²) in [6.07, 6.45) is 0. The molecular formula is C8HCl5O2. The Kier molecular flexibility index (Phi) is 4.27. The summed E-state index contributed by atoms with van der Waals surface area (Å²) in [6.45, 7) is 0. The van der Waals surface area contributed by atoms with Gasteiger partial charge in [-0.15, -0.1) is 0 Å². The number of hydrogen-bond donors (Lipinski definition) is 0. The second kappa shape index (κ2) is 4.89. The van der Waals surface area contributed by atoms with Crippen molar-refractivity contribution in [2.45, 2.75) is 0 Å². The average molecular weight is 306 g/mol. The summed E-state index contributed by atoms with van der Waals surface area (Å²) in [4.78, 5) is 22.0. The van der Waals surface area contributed by atoms with Crippen molar-refractivity contribution in [1.29, 1.82) is 0 Å². The number of benzene rings is 1. The van der Waals surface area contributed by atoms with Gasteiger partial charge in [-0.1, -0.05) is 34.8 Å². The van der Waals surface area contributed by atoms with Crippen molar-refractivity contribution in [3.05, 3.63) is 32.3 Å². The molecule has 0 aliphatic rings. The van der Waals surface area contributed by atoms with Gasteiger partial charge in [-0.05, 0) is 29.3 Å². The Labute approximate surface area is 110 Å². The number of rotatable bonds is 2. The van der Waals surface area contributed by atoms with Crippen LogP contribution in [-0.2, 0) is 0 Å². The van der Waals surface area contributed by atoms with E-state index in [-0.39, 0.29) is 26.2 Å². The molecule has 0 spiro atoms. The first-order chi connectivity index (χ1) is 6.86. The first-order valence-electron chi connectivity index (χ1n) is 3.43. The maximum atomic E-state index is 11.0. The third-order valence-corrected chi connectivity index (χ3v) is 3.23. The lowest BCUT2D eigenvalue weighted by Gasteiger charge is -2.07. The van der Waals surface area contributed by atoms with E-state index in [2.05, 4.69) is 0 Å². The molecule has 0 aliphatic heterocycles. The molecule has 0 unspecified atom stereocenters. The van der Waals surface area contributed by atoms with Gasteiger partial charge in [-0.3, -0.25) is 9.59 Å². The smallest absolute Gasteiger partial charge is 0.254 e. The number of hydrogen-bond acceptors (Lipinski definition) is 2. The highest BCUT2D eigenvalue weighted by molar-refractivity contribution is 6.73. The Morgan fingerprint density at radius 2 is 1.47 bits per heavy atom. The van der Waals surface area contributed by atoms with Crippen molar-refractivity contribution in [2.75, 3.05) is 0 Å². The molecule has 0 N–H and O–H groups in total. The van der Waals surface area contributed by atoms with E-state index < -0.39 is 10.5 Å². The lowest BCUT2D eigenvalue weighted by atomic mass is 10.1. The van der Waals surface area contributed by atoms with Crippen molar-refractivity contribution in [2.24, 2.45) is 0 Å². The zero-order chi connectivity index (χ0) is 11.7. The average Bonchev–Trinajstić information content (AvgIpc) is 2.12. The van der Waals surface area contributed by atoms with E-state index in [1.165, 1.54) is 0 Å². The summed E-state index contributed by atoms with van der Waals surface area (Å²) in [6, 6.07) is 1.14. The molecule has 0 aromatic heterocycles. The van der Waals surface area contributed by atoms with Gasteiger partial charge in [0.2, 0.25) is 0 Å². The molecule has 0 fully saturated rings. The molecule has 7 heteroatoms. The maximum absolute atomic E-state index is 11.0. The second-order valence-corrected chi connectivity index (χ2v) is 4.31. The van der Waals surface area contributed by atoms with Crippen LogP contribution in [0.2, 0.25) is 15.1 Å². The lowest BCUT2D eigenvalue weighted by molar-refractivity contribution is 0.105. The Balaban J connectivity index is 3.65. The first kappa shape index (κ1) is 13.1. The SMILES string of the molecule is O=C(Cl)c1cc(Cl)c(Cl)c(Cl)c1C(=O)Cl. The summed E-state index contributed by atoms with van der Waals surface area (Å²) >= 11 is 27.5. The van der Waals surface area contributed by atoms with Crippen LogP contribution in [-0.4, -0.2) is 10.5 Å². The standard InChI is InChI=1S/C8HCl5O2/c9-3-1-2(7(12)14)4(8(13)15)6(11)5(3)10/h1H. The molecule has 1 aromatic rings. The van der Waals surface area contributed by atoms with Gasteiger partial charge in [0.05, 0.1) is 20.6 Å². The minimum atomic E-state index is -0.928. The van der Waals surface area contributed by atoms with Crippen molar-refractivity contribution in [1.82, 2.24) is 0 Å². The van der Waals surface area contributed by atoms with Gasteiger partial charge in [0.1, 0.15) is 0 Å². The van der Waals surface area contributed by atoms with Gasteiger partial charge in [-0.25, -0.2) is 0 Å². The highest BCUT2D eigenvalue weighted by atomic mass is 35.5. The Hall–Kier alpha value is 0.01000. The first-order valence-corrected chi connectivity index (χ1v) is 5.32. The fourth-order valence-electron chi connectivity index (χ4n) is 0.942. The van der Waals surface area contributed by atoms with Gasteiger partial charge in [-0.2, -0.15) is 0 Å². The van der Waals surface area contributed by atoms with Crippen LogP contribution in [0.5, 0.6) is 0 Å². The second-order valence-electron chi connectivity index (χ2n) is 2.46. The van der Waals surface area contributed by atoms with Crippen molar-refractivity contribution < 1.29 is 9.59 Å². The molecule has 0 heterocycles. The summed E-state index contributed by atoms with van der Waals surface area (Å²) in [5, 5.41) is -2.04. The molecule has 1 aromatic carbocycles. The summed E-state index contributed by atoms with van der Waals surface area (Å²) in [5.74, 6) is 0. The Bertz CT molecular complexity index is 455. The van der Waals surface area contributed by atoms with Gasteiger partial charge < -0.3 is 0 Å². The topological polar surface area (TPSA) is 34.1 Å². The minimum absolute atomic E-state index is 0.0207. The van der Waals surface area contributed by atoms with Gasteiger partial charge in [0.15, 0.2) is 0 Å². The normalized spacial score (nSPS) is 10.2. The molecule has 0 saturated heterocycles. The molecule has 80 valence electrons. The molecule has 0 aliphatic carbocycles. The van der Waals surface area contributed by atoms with E-state index in [4.69, 9.17) is 58.0 Å². The lowest BCUT2D eigenvalue weighted by Crippen LogP contribution is -2.02. The van der Waals surface area contributed by atoms with Crippen LogP contribution in [0.15, 0.2) is 6.07 Å². The molecule has 2 nitrogen and oxygen atoms in total. The predicted octanol–water partition coefficient (Wildman–Crippen LogP) is 4.40. The molecule has 15 heavy (non-hydrogen) atoms. The summed E-state index contributed by atoms with van der Waals surface area (Å²) < 4.78 is 0.